The van der Waals surface area contributed by atoms with Crippen LogP contribution in [0.3, 0.4) is 0 Å². The molecule has 152 valence electrons. The molecule has 1 fully saturated rings. The van der Waals surface area contributed by atoms with Crippen LogP contribution in [0.4, 0.5) is 35.1 Å². The first-order valence-electron chi connectivity index (χ1n) is 8.73. The van der Waals surface area contributed by atoms with Gasteiger partial charge in [-0.2, -0.15) is 23.3 Å². The number of alkyl halides is 3. The summed E-state index contributed by atoms with van der Waals surface area (Å²) in [5.41, 5.74) is 0.804. The average Bonchev–Trinajstić information content (AvgIpc) is 3.42. The molecule has 0 saturated heterocycles. The van der Waals surface area contributed by atoms with Crippen LogP contribution in [0, 0.1) is 5.82 Å². The van der Waals surface area contributed by atoms with Crippen LogP contribution >= 0.6 is 11.6 Å². The molecule has 2 heterocycles. The number of hydrogen-bond donors (Lipinski definition) is 3. The van der Waals surface area contributed by atoms with E-state index in [0.717, 1.165) is 42.8 Å². The molecule has 1 aliphatic carbocycles. The van der Waals surface area contributed by atoms with Gasteiger partial charge >= 0.3 is 6.18 Å². The lowest BCUT2D eigenvalue weighted by molar-refractivity contribution is -0.144. The molecule has 1 saturated carbocycles. The van der Waals surface area contributed by atoms with Crippen LogP contribution in [0.5, 0.6) is 0 Å². The van der Waals surface area contributed by atoms with Crippen molar-refractivity contribution in [1.82, 2.24) is 20.2 Å². The topological polar surface area (TPSA) is 78.5 Å². The van der Waals surface area contributed by atoms with Crippen molar-refractivity contribution in [2.24, 2.45) is 0 Å². The number of halogens is 5. The lowest BCUT2D eigenvalue weighted by Gasteiger charge is -2.22. The monoisotopic (exact) mass is 426 g/mol. The van der Waals surface area contributed by atoms with E-state index in [9.17, 15) is 17.6 Å². The van der Waals surface area contributed by atoms with E-state index in [4.69, 9.17) is 11.6 Å². The fourth-order valence-electron chi connectivity index (χ4n) is 2.79. The molecule has 1 aromatic carbocycles. The van der Waals surface area contributed by atoms with E-state index in [-0.39, 0.29) is 22.4 Å². The fraction of sp³-hybridized carbons (Fsp3) is 0.278. The van der Waals surface area contributed by atoms with Gasteiger partial charge in [-0.25, -0.2) is 9.37 Å². The van der Waals surface area contributed by atoms with Crippen LogP contribution in [-0.2, 0) is 0 Å². The van der Waals surface area contributed by atoms with Crippen LogP contribution in [0.2, 0.25) is 5.02 Å². The Labute approximate surface area is 167 Å². The third-order valence-electron chi connectivity index (χ3n) is 4.41. The molecule has 0 unspecified atom stereocenters. The number of rotatable bonds is 6. The fourth-order valence-corrected chi connectivity index (χ4v) is 2.93. The van der Waals surface area contributed by atoms with E-state index >= 15 is 0 Å². The normalized spacial score (nSPS) is 15.2. The van der Waals surface area contributed by atoms with Crippen LogP contribution in [0.1, 0.15) is 36.1 Å². The van der Waals surface area contributed by atoms with Gasteiger partial charge in [0.05, 0.1) is 6.20 Å². The Bertz CT molecular complexity index is 1000. The number of aromatic nitrogens is 4. The summed E-state index contributed by atoms with van der Waals surface area (Å²) in [7, 11) is 0. The highest BCUT2D eigenvalue weighted by Gasteiger charge is 2.41. The van der Waals surface area contributed by atoms with Crippen LogP contribution in [-0.4, -0.2) is 26.3 Å². The molecular weight excluding hydrogens is 412 g/mol. The quantitative estimate of drug-likeness (QED) is 0.464. The van der Waals surface area contributed by atoms with E-state index in [2.05, 4.69) is 30.8 Å². The number of nitrogens with one attached hydrogen (secondary N) is 3. The number of anilines is 3. The summed E-state index contributed by atoms with van der Waals surface area (Å²) in [5, 5.41) is 12.3. The van der Waals surface area contributed by atoms with Crippen molar-refractivity contribution in [2.75, 3.05) is 10.6 Å². The second-order valence-electron chi connectivity index (χ2n) is 6.67. The van der Waals surface area contributed by atoms with Crippen molar-refractivity contribution in [2.45, 2.75) is 31.0 Å². The highest BCUT2D eigenvalue weighted by atomic mass is 35.5. The Balaban J connectivity index is 1.56. The lowest BCUT2D eigenvalue weighted by Crippen LogP contribution is -2.28. The number of H-pyrrole nitrogens is 1. The summed E-state index contributed by atoms with van der Waals surface area (Å²) in [6.45, 7) is 0. The maximum absolute atomic E-state index is 13.5. The van der Waals surface area contributed by atoms with Gasteiger partial charge in [-0.15, -0.1) is 0 Å². The largest absolute Gasteiger partial charge is 0.412 e. The number of nitrogens with zero attached hydrogens (tertiary/aromatic N) is 3. The summed E-state index contributed by atoms with van der Waals surface area (Å²) >= 11 is 6.07. The molecule has 1 aliphatic rings. The van der Waals surface area contributed by atoms with E-state index in [0.29, 0.717) is 11.7 Å². The van der Waals surface area contributed by atoms with Crippen molar-refractivity contribution in [1.29, 1.82) is 0 Å². The first kappa shape index (κ1) is 19.4. The van der Waals surface area contributed by atoms with Gasteiger partial charge in [0.25, 0.3) is 0 Å². The zero-order chi connectivity index (χ0) is 20.6. The van der Waals surface area contributed by atoms with E-state index in [1.807, 2.05) is 0 Å². The van der Waals surface area contributed by atoms with Crippen molar-refractivity contribution >= 4 is 29.2 Å². The third kappa shape index (κ3) is 4.58. The minimum atomic E-state index is -4.66. The highest BCUT2D eigenvalue weighted by Crippen LogP contribution is 2.40. The van der Waals surface area contributed by atoms with E-state index < -0.39 is 18.0 Å². The van der Waals surface area contributed by atoms with Crippen LogP contribution in [0.15, 0.2) is 36.5 Å². The Morgan fingerprint density at radius 2 is 1.90 bits per heavy atom. The van der Waals surface area contributed by atoms with Gasteiger partial charge in [-0.3, -0.25) is 5.10 Å². The van der Waals surface area contributed by atoms with Gasteiger partial charge in [-0.05, 0) is 30.5 Å². The molecule has 0 amide bonds. The molecular formula is C18H15ClF4N6. The Hall–Kier alpha value is -2.88. The molecule has 6 nitrogen and oxygen atoms in total. The molecule has 0 spiro atoms. The molecule has 2 aromatic heterocycles. The second-order valence-corrected chi connectivity index (χ2v) is 7.08. The molecule has 3 aromatic rings. The Morgan fingerprint density at radius 1 is 1.17 bits per heavy atom. The number of aromatic amines is 1. The molecule has 29 heavy (non-hydrogen) atoms. The molecule has 4 rings (SSSR count). The van der Waals surface area contributed by atoms with Gasteiger partial charge < -0.3 is 10.6 Å². The zero-order valence-electron chi connectivity index (χ0n) is 14.8. The maximum Gasteiger partial charge on any atom is 0.412 e. The summed E-state index contributed by atoms with van der Waals surface area (Å²) in [6, 6.07) is 3.71. The van der Waals surface area contributed by atoms with Crippen LogP contribution < -0.4 is 10.6 Å². The lowest BCUT2D eigenvalue weighted by atomic mass is 10.1. The standard InChI is InChI=1S/C18H15ClF4N6/c19-12-8-24-17(26-15(18(21,22)23)10-3-5-11(20)6-4-10)27-16(12)25-14-7-13(28-29-14)9-1-2-9/h3-9,15H,1-2H2,(H3,24,25,26,27,28,29)/t15-/m1/s1. The summed E-state index contributed by atoms with van der Waals surface area (Å²) < 4.78 is 53.7. The summed E-state index contributed by atoms with van der Waals surface area (Å²) in [5.74, 6) is 0.0942. The highest BCUT2D eigenvalue weighted by molar-refractivity contribution is 6.32. The number of hydrogen-bond acceptors (Lipinski definition) is 5. The number of benzene rings is 1. The summed E-state index contributed by atoms with van der Waals surface area (Å²) in [6.07, 6.45) is -1.29. The zero-order valence-corrected chi connectivity index (χ0v) is 15.5. The predicted octanol–water partition coefficient (Wildman–Crippen LogP) is 5.33. The van der Waals surface area contributed by atoms with Crippen molar-refractivity contribution in [3.63, 3.8) is 0 Å². The van der Waals surface area contributed by atoms with Crippen molar-refractivity contribution in [3.05, 3.63) is 58.6 Å². The predicted molar refractivity (Wildman–Crippen MR) is 99.7 cm³/mol. The second kappa shape index (κ2) is 7.51. The smallest absolute Gasteiger partial charge is 0.339 e. The van der Waals surface area contributed by atoms with Gasteiger partial charge in [0, 0.05) is 17.7 Å². The first-order chi connectivity index (χ1) is 13.8. The third-order valence-corrected chi connectivity index (χ3v) is 4.69. The molecule has 0 radical (unpaired) electrons. The minimum Gasteiger partial charge on any atom is -0.339 e. The Morgan fingerprint density at radius 3 is 2.55 bits per heavy atom. The molecule has 0 aliphatic heterocycles. The molecule has 11 heteroatoms. The van der Waals surface area contributed by atoms with Crippen molar-refractivity contribution in [3.8, 4) is 0 Å². The minimum absolute atomic E-state index is 0.109. The van der Waals surface area contributed by atoms with Crippen molar-refractivity contribution < 1.29 is 17.6 Å². The first-order valence-corrected chi connectivity index (χ1v) is 9.11. The van der Waals surface area contributed by atoms with Crippen LogP contribution in [0.25, 0.3) is 0 Å². The van der Waals surface area contributed by atoms with E-state index in [1.54, 1.807) is 6.07 Å². The van der Waals surface area contributed by atoms with Gasteiger partial charge in [0.15, 0.2) is 17.7 Å². The van der Waals surface area contributed by atoms with Gasteiger partial charge in [0.2, 0.25) is 5.95 Å². The summed E-state index contributed by atoms with van der Waals surface area (Å²) in [4.78, 5) is 7.86. The molecule has 0 bridgehead atoms. The van der Waals surface area contributed by atoms with E-state index in [1.165, 1.54) is 6.20 Å². The SMILES string of the molecule is Fc1ccc([C@@H](Nc2ncc(Cl)c(Nc3cc(C4CC4)[nH]n3)n2)C(F)(F)F)cc1. The molecule has 1 atom stereocenters. The van der Waals surface area contributed by atoms with Gasteiger partial charge in [0.1, 0.15) is 10.8 Å². The Kier molecular flexibility index (Phi) is 5.03. The average molecular weight is 427 g/mol. The molecule has 3 N–H and O–H groups in total. The van der Waals surface area contributed by atoms with Gasteiger partial charge in [-0.1, -0.05) is 23.7 Å². The maximum atomic E-state index is 13.5.